The summed E-state index contributed by atoms with van der Waals surface area (Å²) in [4.78, 5) is 11.9. The fourth-order valence-corrected chi connectivity index (χ4v) is 1.49. The van der Waals surface area contributed by atoms with Gasteiger partial charge in [-0.25, -0.2) is 9.98 Å². The molecule has 0 aliphatic carbocycles. The molecule has 0 amide bonds. The zero-order valence-corrected chi connectivity index (χ0v) is 7.67. The molecule has 1 aromatic heterocycles. The highest BCUT2D eigenvalue weighted by atomic mass is 79.9. The van der Waals surface area contributed by atoms with Crippen LogP contribution in [-0.4, -0.2) is 14.9 Å². The normalized spacial score (nSPS) is 20.4. The number of nitrogens with zero attached hydrogens (tertiary/aromatic N) is 3. The molecular formula is C6H3BrClN3. The van der Waals surface area contributed by atoms with Crippen LogP contribution in [0.2, 0.25) is 5.28 Å². The first kappa shape index (κ1) is 7.18. The zero-order valence-electron chi connectivity index (χ0n) is 5.33. The smallest absolute Gasteiger partial charge is 0.224 e. The Morgan fingerprint density at radius 3 is 3.18 bits per heavy atom. The Bertz CT molecular complexity index is 403. The summed E-state index contributed by atoms with van der Waals surface area (Å²) >= 11 is 8.87. The van der Waals surface area contributed by atoms with Crippen LogP contribution in [0.4, 0.5) is 0 Å². The Morgan fingerprint density at radius 1 is 1.55 bits per heavy atom. The third kappa shape index (κ3) is 1.28. The van der Waals surface area contributed by atoms with Crippen LogP contribution in [0.15, 0.2) is 11.2 Å². The van der Waals surface area contributed by atoms with E-state index in [9.17, 15) is 0 Å². The van der Waals surface area contributed by atoms with E-state index in [1.807, 2.05) is 6.08 Å². The highest BCUT2D eigenvalue weighted by Gasteiger charge is 2.05. The lowest BCUT2D eigenvalue weighted by Crippen LogP contribution is -2.25. The summed E-state index contributed by atoms with van der Waals surface area (Å²) in [6.07, 6.45) is 3.58. The van der Waals surface area contributed by atoms with Gasteiger partial charge in [0, 0.05) is 11.4 Å². The monoisotopic (exact) mass is 231 g/mol. The number of hydrogen-bond donors (Lipinski definition) is 0. The van der Waals surface area contributed by atoms with Crippen LogP contribution in [0.3, 0.4) is 0 Å². The number of aromatic nitrogens is 2. The van der Waals surface area contributed by atoms with Crippen molar-refractivity contribution in [1.29, 1.82) is 0 Å². The Labute approximate surface area is 76.0 Å². The molecule has 0 radical (unpaired) electrons. The predicted octanol–water partition coefficient (Wildman–Crippen LogP) is 0.265. The van der Waals surface area contributed by atoms with Crippen molar-refractivity contribution >= 4 is 33.6 Å². The average Bonchev–Trinajstić information content (AvgIpc) is 2.27. The van der Waals surface area contributed by atoms with E-state index >= 15 is 0 Å². The van der Waals surface area contributed by atoms with Gasteiger partial charge in [-0.1, -0.05) is 15.9 Å². The van der Waals surface area contributed by atoms with Gasteiger partial charge < -0.3 is 0 Å². The molecule has 1 aliphatic rings. The zero-order chi connectivity index (χ0) is 7.84. The second kappa shape index (κ2) is 2.53. The van der Waals surface area contributed by atoms with Crippen LogP contribution in [0.25, 0.3) is 6.08 Å². The molecule has 0 bridgehead atoms. The van der Waals surface area contributed by atoms with Gasteiger partial charge >= 0.3 is 0 Å². The van der Waals surface area contributed by atoms with E-state index in [0.29, 0.717) is 5.49 Å². The third-order valence-electron chi connectivity index (χ3n) is 1.33. The first-order valence-electron chi connectivity index (χ1n) is 2.98. The summed E-state index contributed by atoms with van der Waals surface area (Å²) in [5.41, 5.74) is 0.659. The summed E-state index contributed by atoms with van der Waals surface area (Å²) in [6, 6.07) is 0. The molecule has 11 heavy (non-hydrogen) atoms. The van der Waals surface area contributed by atoms with Crippen molar-refractivity contribution < 1.29 is 0 Å². The minimum absolute atomic E-state index is 0.0188. The molecule has 1 aromatic rings. The molecule has 0 saturated heterocycles. The van der Waals surface area contributed by atoms with E-state index in [1.165, 1.54) is 0 Å². The van der Waals surface area contributed by atoms with Gasteiger partial charge in [0.25, 0.3) is 0 Å². The Hall–Kier alpha value is -0.480. The van der Waals surface area contributed by atoms with E-state index in [2.05, 4.69) is 30.9 Å². The molecule has 0 spiro atoms. The summed E-state index contributed by atoms with van der Waals surface area (Å²) in [5, 5.41) is 1.17. The molecule has 0 N–H and O–H groups in total. The molecule has 1 atom stereocenters. The minimum atomic E-state index is 0.0188. The molecule has 2 rings (SSSR count). The lowest BCUT2D eigenvalue weighted by molar-refractivity contribution is 1.03. The van der Waals surface area contributed by atoms with Gasteiger partial charge in [-0.3, -0.25) is 0 Å². The Balaban J connectivity index is 2.78. The van der Waals surface area contributed by atoms with Crippen LogP contribution in [0.1, 0.15) is 0 Å². The van der Waals surface area contributed by atoms with Gasteiger partial charge in [-0.15, -0.1) is 0 Å². The van der Waals surface area contributed by atoms with Crippen molar-refractivity contribution in [3.8, 4) is 0 Å². The number of rotatable bonds is 0. The lowest BCUT2D eigenvalue weighted by Gasteiger charge is -1.84. The van der Waals surface area contributed by atoms with Crippen molar-refractivity contribution in [2.45, 2.75) is 4.95 Å². The molecule has 1 aliphatic heterocycles. The molecule has 0 aromatic carbocycles. The number of hydrogen-bond acceptors (Lipinski definition) is 3. The molecule has 0 saturated carbocycles. The van der Waals surface area contributed by atoms with Crippen LogP contribution >= 0.6 is 27.5 Å². The highest BCUT2D eigenvalue weighted by Crippen LogP contribution is 2.03. The number of alkyl halides is 1. The molecule has 2 heterocycles. The fourth-order valence-electron chi connectivity index (χ4n) is 0.885. The molecule has 3 nitrogen and oxygen atoms in total. The van der Waals surface area contributed by atoms with Crippen molar-refractivity contribution in [2.75, 3.05) is 0 Å². The molecule has 0 unspecified atom stereocenters. The Kier molecular flexibility index (Phi) is 1.65. The largest absolute Gasteiger partial charge is 0.247 e. The van der Waals surface area contributed by atoms with Gasteiger partial charge in [0.1, 0.15) is 4.95 Å². The lowest BCUT2D eigenvalue weighted by atomic mass is 10.4. The van der Waals surface area contributed by atoms with Crippen LogP contribution in [0, 0.1) is 0 Å². The van der Waals surface area contributed by atoms with Crippen molar-refractivity contribution in [3.05, 3.63) is 22.2 Å². The van der Waals surface area contributed by atoms with E-state index in [-0.39, 0.29) is 10.2 Å². The quantitative estimate of drug-likeness (QED) is 0.366. The predicted molar refractivity (Wildman–Crippen MR) is 45.0 cm³/mol. The topological polar surface area (TPSA) is 38.1 Å². The second-order valence-electron chi connectivity index (χ2n) is 2.09. The van der Waals surface area contributed by atoms with Crippen LogP contribution in [0.5, 0.6) is 0 Å². The van der Waals surface area contributed by atoms with Crippen molar-refractivity contribution in [3.63, 3.8) is 0 Å². The van der Waals surface area contributed by atoms with E-state index < -0.39 is 0 Å². The summed E-state index contributed by atoms with van der Waals surface area (Å²) < 4.78 is 0. The maximum Gasteiger partial charge on any atom is 0.224 e. The standard InChI is InChI=1S/C6H3BrClN3/c7-4-1-3-2-9-6(8)11-5(3)10-4/h1-2,4H/t4-/m1/s1. The molecular weight excluding hydrogens is 229 g/mol. The first-order chi connectivity index (χ1) is 5.25. The summed E-state index contributed by atoms with van der Waals surface area (Å²) in [6.45, 7) is 0. The number of halogens is 2. The van der Waals surface area contributed by atoms with Crippen molar-refractivity contribution in [2.24, 2.45) is 4.99 Å². The second-order valence-corrected chi connectivity index (χ2v) is 3.36. The minimum Gasteiger partial charge on any atom is -0.247 e. The van der Waals surface area contributed by atoms with Gasteiger partial charge in [-0.05, 0) is 17.7 Å². The number of fused-ring (bicyclic) bond motifs is 1. The highest BCUT2D eigenvalue weighted by molar-refractivity contribution is 9.09. The van der Waals surface area contributed by atoms with Crippen LogP contribution < -0.4 is 10.7 Å². The van der Waals surface area contributed by atoms with Crippen LogP contribution in [-0.2, 0) is 0 Å². The molecule has 0 fully saturated rings. The van der Waals surface area contributed by atoms with Gasteiger partial charge in [-0.2, -0.15) is 4.98 Å². The summed E-state index contributed by atoms with van der Waals surface area (Å²) in [5.74, 6) is 0. The first-order valence-corrected chi connectivity index (χ1v) is 4.27. The average molecular weight is 232 g/mol. The van der Waals surface area contributed by atoms with E-state index in [0.717, 1.165) is 5.22 Å². The molecule has 56 valence electrons. The van der Waals surface area contributed by atoms with Gasteiger partial charge in [0.2, 0.25) is 5.28 Å². The maximum atomic E-state index is 5.56. The Morgan fingerprint density at radius 2 is 2.36 bits per heavy atom. The van der Waals surface area contributed by atoms with Gasteiger partial charge in [0.15, 0.2) is 5.49 Å². The van der Waals surface area contributed by atoms with E-state index in [4.69, 9.17) is 11.6 Å². The third-order valence-corrected chi connectivity index (χ3v) is 1.98. The molecule has 5 heteroatoms. The summed E-state index contributed by atoms with van der Waals surface area (Å²) in [7, 11) is 0. The van der Waals surface area contributed by atoms with Crippen molar-refractivity contribution in [1.82, 2.24) is 9.97 Å². The maximum absolute atomic E-state index is 5.56. The van der Waals surface area contributed by atoms with E-state index in [1.54, 1.807) is 6.20 Å². The van der Waals surface area contributed by atoms with Gasteiger partial charge in [0.05, 0.1) is 0 Å². The fraction of sp³-hybridized carbons (Fsp3) is 0.167. The SMILES string of the molecule is Clc1ncc2c(n1)=N[C@@H](Br)C=2.